The van der Waals surface area contributed by atoms with Crippen LogP contribution in [0.2, 0.25) is 0 Å². The van der Waals surface area contributed by atoms with Gasteiger partial charge in [-0.05, 0) is 50.9 Å². The Balaban J connectivity index is 3.46. The molecule has 0 aromatic heterocycles. The summed E-state index contributed by atoms with van der Waals surface area (Å²) in [6, 6.07) is 0. The summed E-state index contributed by atoms with van der Waals surface area (Å²) in [5.74, 6) is 0.487. The van der Waals surface area contributed by atoms with E-state index in [2.05, 4.69) is 39.8 Å². The number of allylic oxidation sites excluding steroid dienone is 2. The lowest BCUT2D eigenvalue weighted by molar-refractivity contribution is -0.152. The minimum atomic E-state index is 0.00688. The minimum Gasteiger partial charge on any atom is -0.462 e. The Bertz CT molecular complexity index is 361. The van der Waals surface area contributed by atoms with E-state index in [0.717, 1.165) is 32.1 Å². The molecule has 2 unspecified atom stereocenters. The van der Waals surface area contributed by atoms with Crippen LogP contribution in [-0.4, -0.2) is 12.1 Å². The van der Waals surface area contributed by atoms with Gasteiger partial charge in [0.15, 0.2) is 0 Å². The molecule has 0 aromatic rings. The first-order valence-corrected chi connectivity index (χ1v) is 12.5. The summed E-state index contributed by atoms with van der Waals surface area (Å²) in [6.45, 7) is 8.78. The molecule has 28 heavy (non-hydrogen) atoms. The van der Waals surface area contributed by atoms with Crippen LogP contribution in [0.15, 0.2) is 12.2 Å². The van der Waals surface area contributed by atoms with Crippen LogP contribution in [0.5, 0.6) is 0 Å². The lowest BCUT2D eigenvalue weighted by Gasteiger charge is -2.22. The van der Waals surface area contributed by atoms with Gasteiger partial charge in [0.1, 0.15) is 6.10 Å². The number of carbonyl (C=O) groups is 1. The summed E-state index contributed by atoms with van der Waals surface area (Å²) in [4.78, 5) is 12.0. The summed E-state index contributed by atoms with van der Waals surface area (Å²) in [5.41, 5.74) is 0. The van der Waals surface area contributed by atoms with Crippen molar-refractivity contribution in [2.24, 2.45) is 5.92 Å². The van der Waals surface area contributed by atoms with E-state index in [1.54, 1.807) is 0 Å². The van der Waals surface area contributed by atoms with E-state index in [4.69, 9.17) is 4.74 Å². The Kier molecular flexibility index (Phi) is 20.3. The topological polar surface area (TPSA) is 26.3 Å². The number of ether oxygens (including phenoxy) is 1. The lowest BCUT2D eigenvalue weighted by atomic mass is 9.97. The molecule has 2 nitrogen and oxygen atoms in total. The molecule has 0 spiro atoms. The van der Waals surface area contributed by atoms with Gasteiger partial charge in [0.25, 0.3) is 0 Å². The standard InChI is InChI=1S/C26H50O2/c1-5-8-9-10-11-12-13-14-15-16-17-18-19-20-21-23-26(27)28-25(7-3)24(4)22-6-2/h14-15,24-25H,5-13,16-23H2,1-4H3/b15-14-. The van der Waals surface area contributed by atoms with Crippen LogP contribution in [0.25, 0.3) is 0 Å². The van der Waals surface area contributed by atoms with Crippen molar-refractivity contribution in [2.75, 3.05) is 0 Å². The quantitative estimate of drug-likeness (QED) is 0.117. The Hall–Kier alpha value is -0.790. The highest BCUT2D eigenvalue weighted by molar-refractivity contribution is 5.69. The van der Waals surface area contributed by atoms with Crippen molar-refractivity contribution in [1.29, 1.82) is 0 Å². The van der Waals surface area contributed by atoms with Crippen molar-refractivity contribution in [1.82, 2.24) is 0 Å². The van der Waals surface area contributed by atoms with Gasteiger partial charge in [-0.3, -0.25) is 4.79 Å². The zero-order valence-electron chi connectivity index (χ0n) is 19.6. The molecule has 0 heterocycles. The third-order valence-corrected chi connectivity index (χ3v) is 5.71. The first-order valence-electron chi connectivity index (χ1n) is 12.5. The third-order valence-electron chi connectivity index (χ3n) is 5.71. The van der Waals surface area contributed by atoms with Gasteiger partial charge in [0.05, 0.1) is 0 Å². The number of rotatable bonds is 20. The number of hydrogen-bond acceptors (Lipinski definition) is 2. The number of esters is 1. The fourth-order valence-electron chi connectivity index (χ4n) is 3.81. The third kappa shape index (κ3) is 17.3. The van der Waals surface area contributed by atoms with Crippen molar-refractivity contribution in [3.05, 3.63) is 12.2 Å². The van der Waals surface area contributed by atoms with Crippen LogP contribution in [0, 0.1) is 5.92 Å². The van der Waals surface area contributed by atoms with Crippen molar-refractivity contribution in [3.63, 3.8) is 0 Å². The normalized spacial score (nSPS) is 13.7. The van der Waals surface area contributed by atoms with E-state index >= 15 is 0 Å². The van der Waals surface area contributed by atoms with Crippen molar-refractivity contribution < 1.29 is 9.53 Å². The maximum Gasteiger partial charge on any atom is 0.306 e. The summed E-state index contributed by atoms with van der Waals surface area (Å²) in [5, 5.41) is 0. The van der Waals surface area contributed by atoms with Crippen LogP contribution in [0.3, 0.4) is 0 Å². The predicted molar refractivity (Wildman–Crippen MR) is 124 cm³/mol. The Morgan fingerprint density at radius 1 is 0.750 bits per heavy atom. The average Bonchev–Trinajstić information content (AvgIpc) is 2.69. The van der Waals surface area contributed by atoms with Crippen LogP contribution in [0.1, 0.15) is 137 Å². The summed E-state index contributed by atoms with van der Waals surface area (Å²) < 4.78 is 5.69. The molecule has 0 saturated carbocycles. The van der Waals surface area contributed by atoms with Crippen molar-refractivity contribution in [2.45, 2.75) is 143 Å². The molecule has 166 valence electrons. The molecule has 0 amide bonds. The molecular formula is C26H50O2. The van der Waals surface area contributed by atoms with E-state index < -0.39 is 0 Å². The van der Waals surface area contributed by atoms with Gasteiger partial charge in [0, 0.05) is 6.42 Å². The van der Waals surface area contributed by atoms with Crippen LogP contribution in [0.4, 0.5) is 0 Å². The second-order valence-corrected chi connectivity index (χ2v) is 8.54. The molecule has 0 aromatic carbocycles. The molecule has 0 radical (unpaired) electrons. The molecule has 0 aliphatic rings. The van der Waals surface area contributed by atoms with Crippen LogP contribution < -0.4 is 0 Å². The Morgan fingerprint density at radius 3 is 1.82 bits per heavy atom. The van der Waals surface area contributed by atoms with Crippen LogP contribution in [-0.2, 0) is 9.53 Å². The maximum atomic E-state index is 12.0. The first-order chi connectivity index (χ1) is 13.7. The molecule has 0 aliphatic heterocycles. The predicted octanol–water partition coefficient (Wildman–Crippen LogP) is 8.78. The Morgan fingerprint density at radius 2 is 1.29 bits per heavy atom. The molecule has 0 saturated heterocycles. The van der Waals surface area contributed by atoms with Gasteiger partial charge in [-0.2, -0.15) is 0 Å². The molecule has 0 N–H and O–H groups in total. The van der Waals surface area contributed by atoms with Gasteiger partial charge >= 0.3 is 5.97 Å². The fraction of sp³-hybridized carbons (Fsp3) is 0.885. The lowest BCUT2D eigenvalue weighted by Crippen LogP contribution is -2.24. The summed E-state index contributed by atoms with van der Waals surface area (Å²) in [6.07, 6.45) is 25.4. The minimum absolute atomic E-state index is 0.00688. The molecule has 2 heteroatoms. The molecular weight excluding hydrogens is 344 g/mol. The number of carbonyl (C=O) groups excluding carboxylic acids is 1. The largest absolute Gasteiger partial charge is 0.462 e. The zero-order valence-corrected chi connectivity index (χ0v) is 19.6. The highest BCUT2D eigenvalue weighted by Crippen LogP contribution is 2.18. The van der Waals surface area contributed by atoms with E-state index in [-0.39, 0.29) is 12.1 Å². The molecule has 2 atom stereocenters. The van der Waals surface area contributed by atoms with Crippen LogP contribution >= 0.6 is 0 Å². The van der Waals surface area contributed by atoms with Gasteiger partial charge in [-0.15, -0.1) is 0 Å². The second-order valence-electron chi connectivity index (χ2n) is 8.54. The highest BCUT2D eigenvalue weighted by Gasteiger charge is 2.18. The molecule has 0 aliphatic carbocycles. The smallest absolute Gasteiger partial charge is 0.306 e. The number of unbranched alkanes of at least 4 members (excludes halogenated alkanes) is 11. The van der Waals surface area contributed by atoms with E-state index in [1.165, 1.54) is 70.6 Å². The average molecular weight is 395 g/mol. The summed E-state index contributed by atoms with van der Waals surface area (Å²) in [7, 11) is 0. The zero-order chi connectivity index (χ0) is 20.9. The van der Waals surface area contributed by atoms with Gasteiger partial charge in [-0.25, -0.2) is 0 Å². The maximum absolute atomic E-state index is 12.0. The molecule has 0 rings (SSSR count). The van der Waals surface area contributed by atoms with E-state index in [9.17, 15) is 4.79 Å². The summed E-state index contributed by atoms with van der Waals surface area (Å²) >= 11 is 0. The van der Waals surface area contributed by atoms with Crippen molar-refractivity contribution in [3.8, 4) is 0 Å². The van der Waals surface area contributed by atoms with Gasteiger partial charge < -0.3 is 4.74 Å². The van der Waals surface area contributed by atoms with E-state index in [1.807, 2.05) is 0 Å². The van der Waals surface area contributed by atoms with E-state index in [0.29, 0.717) is 12.3 Å². The second kappa shape index (κ2) is 20.9. The monoisotopic (exact) mass is 394 g/mol. The van der Waals surface area contributed by atoms with Gasteiger partial charge in [-0.1, -0.05) is 97.6 Å². The highest BCUT2D eigenvalue weighted by atomic mass is 16.5. The molecule has 0 fully saturated rings. The number of hydrogen-bond donors (Lipinski definition) is 0. The first kappa shape index (κ1) is 27.2. The van der Waals surface area contributed by atoms with Crippen molar-refractivity contribution >= 4 is 5.97 Å². The van der Waals surface area contributed by atoms with Gasteiger partial charge in [0.2, 0.25) is 0 Å². The molecule has 0 bridgehead atoms. The Labute approximate surface area is 176 Å². The fourth-order valence-corrected chi connectivity index (χ4v) is 3.81. The SMILES string of the molecule is CCCCCCCC/C=C\CCCCCCCC(=O)OC(CC)C(C)CCC.